The molecule has 1 aromatic heterocycles. The van der Waals surface area contributed by atoms with Crippen LogP contribution in [0, 0.1) is 6.42 Å². The number of para-hydroxylation sites is 2. The summed E-state index contributed by atoms with van der Waals surface area (Å²) < 4.78 is 38.5. The number of benzene rings is 2. The van der Waals surface area contributed by atoms with E-state index in [-0.39, 0.29) is 5.89 Å². The van der Waals surface area contributed by atoms with Crippen molar-refractivity contribution in [3.05, 3.63) is 72.5 Å². The summed E-state index contributed by atoms with van der Waals surface area (Å²) in [6, 6.07) is 14.8. The van der Waals surface area contributed by atoms with Crippen LogP contribution in [0.25, 0.3) is 11.1 Å². The molecule has 2 N–H and O–H groups in total. The number of Topliss-reactive ketones (excluding diaryl/α,β-unsaturated/α-hetero) is 1. The van der Waals surface area contributed by atoms with Crippen molar-refractivity contribution in [3.63, 3.8) is 0 Å². The minimum atomic E-state index is -3.20. The van der Waals surface area contributed by atoms with E-state index < -0.39 is 49.8 Å². The highest BCUT2D eigenvalue weighted by molar-refractivity contribution is 5.98. The van der Waals surface area contributed by atoms with Crippen molar-refractivity contribution in [2.75, 3.05) is 13.3 Å². The summed E-state index contributed by atoms with van der Waals surface area (Å²) in [4.78, 5) is 40.8. The van der Waals surface area contributed by atoms with E-state index in [4.69, 9.17) is 10.2 Å². The van der Waals surface area contributed by atoms with E-state index in [9.17, 15) is 23.2 Å². The number of oxazole rings is 1. The molecule has 0 unspecified atom stereocenters. The van der Waals surface area contributed by atoms with Crippen molar-refractivity contribution >= 4 is 28.9 Å². The fourth-order valence-corrected chi connectivity index (χ4v) is 2.89. The van der Waals surface area contributed by atoms with Crippen molar-refractivity contribution < 1.29 is 32.3 Å². The van der Waals surface area contributed by atoms with Gasteiger partial charge in [-0.3, -0.25) is 9.59 Å². The molecule has 0 aliphatic carbocycles. The number of primary amides is 1. The predicted octanol–water partition coefficient (Wildman–Crippen LogP) is 3.36. The summed E-state index contributed by atoms with van der Waals surface area (Å²) in [7, 11) is 0. The van der Waals surface area contributed by atoms with E-state index in [1.807, 2.05) is 0 Å². The first-order valence-electron chi connectivity index (χ1n) is 9.58. The number of alkyl halides is 2. The summed E-state index contributed by atoms with van der Waals surface area (Å²) in [5, 5.41) is 0. The molecule has 1 heterocycles. The molecule has 0 saturated heterocycles. The molecule has 3 rings (SSSR count). The van der Waals surface area contributed by atoms with Gasteiger partial charge in [0.1, 0.15) is 5.52 Å². The van der Waals surface area contributed by atoms with Crippen LogP contribution in [0.4, 0.5) is 13.6 Å². The van der Waals surface area contributed by atoms with Crippen LogP contribution >= 0.6 is 0 Å². The minimum Gasteiger partial charge on any atom is -0.434 e. The van der Waals surface area contributed by atoms with Crippen LogP contribution in [0.5, 0.6) is 0 Å². The Bertz CT molecular complexity index is 1070. The summed E-state index contributed by atoms with van der Waals surface area (Å²) in [6.07, 6.45) is -1.87. The van der Waals surface area contributed by atoms with Crippen molar-refractivity contribution in [3.8, 4) is 0 Å². The molecule has 0 aliphatic heterocycles. The molecule has 32 heavy (non-hydrogen) atoms. The molecule has 0 fully saturated rings. The topological polar surface area (TPSA) is 116 Å². The maximum absolute atomic E-state index is 14.3. The van der Waals surface area contributed by atoms with Gasteiger partial charge >= 0.3 is 6.09 Å². The second-order valence-electron chi connectivity index (χ2n) is 6.97. The first kappa shape index (κ1) is 22.9. The molecular formula is C22H20F2N3O5. The average molecular weight is 444 g/mol. The third-order valence-corrected chi connectivity index (χ3v) is 4.42. The van der Waals surface area contributed by atoms with Gasteiger partial charge in [0.25, 0.3) is 11.8 Å². The maximum atomic E-state index is 14.3. The van der Waals surface area contributed by atoms with Crippen molar-refractivity contribution in [1.82, 2.24) is 9.88 Å². The van der Waals surface area contributed by atoms with Crippen LogP contribution in [0.2, 0.25) is 0 Å². The van der Waals surface area contributed by atoms with Gasteiger partial charge in [0.2, 0.25) is 11.7 Å². The molecule has 3 aromatic rings. The molecule has 0 aliphatic rings. The number of ether oxygens (including phenoxy) is 1. The highest BCUT2D eigenvalue weighted by Gasteiger charge is 2.32. The van der Waals surface area contributed by atoms with E-state index in [0.29, 0.717) is 16.7 Å². The van der Waals surface area contributed by atoms with Crippen LogP contribution in [0.1, 0.15) is 22.7 Å². The number of nitrogens with two attached hydrogens (primary N) is 1. The average Bonchev–Trinajstić information content (AvgIpc) is 3.19. The van der Waals surface area contributed by atoms with Gasteiger partial charge in [0, 0.05) is 12.8 Å². The van der Waals surface area contributed by atoms with Crippen LogP contribution < -0.4 is 5.73 Å². The predicted molar refractivity (Wildman–Crippen MR) is 110 cm³/mol. The molecule has 0 bridgehead atoms. The number of amides is 2. The number of nitrogens with zero attached hydrogens (tertiary/aromatic N) is 2. The lowest BCUT2D eigenvalue weighted by atomic mass is 10.0. The summed E-state index contributed by atoms with van der Waals surface area (Å²) >= 11 is 0. The first-order chi connectivity index (χ1) is 15.2. The van der Waals surface area contributed by atoms with Gasteiger partial charge in [0.15, 0.2) is 12.3 Å². The number of fused-ring (bicyclic) bond motifs is 1. The maximum Gasteiger partial charge on any atom is 0.406 e. The molecule has 0 saturated carbocycles. The number of hydrogen-bond acceptors (Lipinski definition) is 6. The van der Waals surface area contributed by atoms with Gasteiger partial charge in [-0.05, 0) is 17.7 Å². The standard InChI is InChI=1S/C22H20F2N3O5/c23-22(24,12-15-6-2-1-3-7-15)11-10-19(29)27(14-31-21(25)30)13-17(28)20-26-16-8-4-5-9-18(16)32-20/h1-10H,11-14H2,(H2,25,30). The largest absolute Gasteiger partial charge is 0.434 e. The Morgan fingerprint density at radius 1 is 1.09 bits per heavy atom. The fraction of sp³-hybridized carbons (Fsp3) is 0.227. The van der Waals surface area contributed by atoms with Crippen molar-refractivity contribution in [2.24, 2.45) is 5.73 Å². The zero-order chi connectivity index (χ0) is 23.1. The van der Waals surface area contributed by atoms with Gasteiger partial charge in [-0.2, -0.15) is 0 Å². The van der Waals surface area contributed by atoms with E-state index in [1.54, 1.807) is 54.6 Å². The van der Waals surface area contributed by atoms with Gasteiger partial charge in [-0.1, -0.05) is 42.5 Å². The molecule has 0 spiro atoms. The summed E-state index contributed by atoms with van der Waals surface area (Å²) in [5.41, 5.74) is 6.14. The van der Waals surface area contributed by atoms with E-state index in [0.717, 1.165) is 11.3 Å². The Labute approximate surface area is 181 Å². The van der Waals surface area contributed by atoms with Crippen LogP contribution in [-0.2, 0) is 16.0 Å². The lowest BCUT2D eigenvalue weighted by Crippen LogP contribution is -2.40. The molecule has 2 amide bonds. The molecule has 2 aromatic carbocycles. The Morgan fingerprint density at radius 2 is 1.78 bits per heavy atom. The first-order valence-corrected chi connectivity index (χ1v) is 9.58. The monoisotopic (exact) mass is 444 g/mol. The number of carbonyl (C=O) groups is 3. The zero-order valence-corrected chi connectivity index (χ0v) is 16.9. The number of rotatable bonds is 10. The van der Waals surface area contributed by atoms with Gasteiger partial charge in [-0.15, -0.1) is 0 Å². The number of aromatic nitrogens is 1. The molecule has 167 valence electrons. The van der Waals surface area contributed by atoms with Crippen molar-refractivity contribution in [1.29, 1.82) is 0 Å². The number of carbonyl (C=O) groups excluding carboxylic acids is 3. The summed E-state index contributed by atoms with van der Waals surface area (Å²) in [6.45, 7) is -1.30. The number of halogens is 2. The number of ketones is 1. The lowest BCUT2D eigenvalue weighted by molar-refractivity contribution is -0.131. The van der Waals surface area contributed by atoms with Crippen LogP contribution in [0.3, 0.4) is 0 Å². The second-order valence-corrected chi connectivity index (χ2v) is 6.97. The third-order valence-electron chi connectivity index (χ3n) is 4.42. The Morgan fingerprint density at radius 3 is 2.47 bits per heavy atom. The Kier molecular flexibility index (Phi) is 7.14. The SMILES string of the molecule is NC(=O)OCN(CC(=O)c1nc2ccccc2o1)C(=O)[CH]CC(F)(F)Cc1ccccc1. The second kappa shape index (κ2) is 9.99. The van der Waals surface area contributed by atoms with Gasteiger partial charge in [-0.25, -0.2) is 18.6 Å². The smallest absolute Gasteiger partial charge is 0.406 e. The third kappa shape index (κ3) is 6.34. The van der Waals surface area contributed by atoms with E-state index in [1.165, 1.54) is 0 Å². The van der Waals surface area contributed by atoms with Gasteiger partial charge in [0.05, 0.1) is 13.0 Å². The lowest BCUT2D eigenvalue weighted by Gasteiger charge is -2.22. The van der Waals surface area contributed by atoms with Crippen molar-refractivity contribution in [2.45, 2.75) is 18.8 Å². The zero-order valence-electron chi connectivity index (χ0n) is 16.9. The fourth-order valence-electron chi connectivity index (χ4n) is 2.89. The van der Waals surface area contributed by atoms with E-state index in [2.05, 4.69) is 9.72 Å². The highest BCUT2D eigenvalue weighted by Crippen LogP contribution is 2.25. The molecule has 8 nitrogen and oxygen atoms in total. The number of hydrogen-bond donors (Lipinski definition) is 1. The molecule has 10 heteroatoms. The van der Waals surface area contributed by atoms with Crippen LogP contribution in [0.15, 0.2) is 59.0 Å². The Balaban J connectivity index is 1.64. The normalized spacial score (nSPS) is 11.3. The van der Waals surface area contributed by atoms with Crippen LogP contribution in [-0.4, -0.2) is 46.9 Å². The quantitative estimate of drug-likeness (QED) is 0.379. The Hall–Kier alpha value is -3.82. The minimum absolute atomic E-state index is 0.266. The van der Waals surface area contributed by atoms with E-state index >= 15 is 0 Å². The molecule has 0 atom stereocenters. The highest BCUT2D eigenvalue weighted by atomic mass is 19.3. The molecule has 1 radical (unpaired) electrons. The van der Waals surface area contributed by atoms with Gasteiger partial charge < -0.3 is 19.8 Å². The summed E-state index contributed by atoms with van der Waals surface area (Å²) in [5.74, 6) is -5.09. The molecular weight excluding hydrogens is 424 g/mol.